The molecule has 0 radical (unpaired) electrons. The minimum absolute atomic E-state index is 0.0851. The van der Waals surface area contributed by atoms with E-state index in [1.165, 1.54) is 25.4 Å². The van der Waals surface area contributed by atoms with E-state index in [9.17, 15) is 19.7 Å². The Balaban J connectivity index is 1.72. The summed E-state index contributed by atoms with van der Waals surface area (Å²) in [6.45, 7) is 3.16. The minimum atomic E-state index is -1.85. The first-order valence-electron chi connectivity index (χ1n) is 8.69. The Morgan fingerprint density at radius 3 is 2.79 bits per heavy atom. The molecule has 148 valence electrons. The van der Waals surface area contributed by atoms with Gasteiger partial charge in [-0.2, -0.15) is 0 Å². The van der Waals surface area contributed by atoms with Gasteiger partial charge in [-0.1, -0.05) is 17.7 Å². The summed E-state index contributed by atoms with van der Waals surface area (Å²) in [5.41, 5.74) is -0.671. The van der Waals surface area contributed by atoms with Crippen LogP contribution < -0.4 is 0 Å². The number of benzene rings is 1. The summed E-state index contributed by atoms with van der Waals surface area (Å²) < 4.78 is 21.7. The van der Waals surface area contributed by atoms with Crippen LogP contribution in [0, 0.1) is 12.7 Å². The quantitative estimate of drug-likeness (QED) is 0.615. The fourth-order valence-corrected chi connectivity index (χ4v) is 3.80. The lowest BCUT2D eigenvalue weighted by Gasteiger charge is -2.29. The fourth-order valence-electron chi connectivity index (χ4n) is 3.64. The number of fused-ring (bicyclic) bond motifs is 1. The van der Waals surface area contributed by atoms with Gasteiger partial charge in [0, 0.05) is 22.2 Å². The van der Waals surface area contributed by atoms with Crippen LogP contribution in [0.25, 0.3) is 11.0 Å². The Morgan fingerprint density at radius 2 is 2.07 bits per heavy atom. The van der Waals surface area contributed by atoms with Gasteiger partial charge in [-0.05, 0) is 32.0 Å². The second-order valence-corrected chi connectivity index (χ2v) is 7.58. The summed E-state index contributed by atoms with van der Waals surface area (Å²) in [6.07, 6.45) is -2.18. The van der Waals surface area contributed by atoms with Gasteiger partial charge in [-0.15, -0.1) is 0 Å². The molecule has 0 aliphatic carbocycles. The first kappa shape index (κ1) is 19.2. The van der Waals surface area contributed by atoms with Gasteiger partial charge in [0.25, 0.3) is 0 Å². The van der Waals surface area contributed by atoms with E-state index in [1.807, 2.05) is 6.92 Å². The predicted octanol–water partition coefficient (Wildman–Crippen LogP) is 2.28. The molecular formula is C19H19ClFN3O4. The summed E-state index contributed by atoms with van der Waals surface area (Å²) in [6, 6.07) is 5.60. The smallest absolute Gasteiger partial charge is 0.164 e. The van der Waals surface area contributed by atoms with Crippen molar-refractivity contribution in [2.45, 2.75) is 44.0 Å². The second kappa shape index (κ2) is 6.75. The maximum atomic E-state index is 14.3. The molecule has 0 bridgehead atoms. The monoisotopic (exact) mass is 407 g/mol. The van der Waals surface area contributed by atoms with E-state index in [-0.39, 0.29) is 10.6 Å². The highest BCUT2D eigenvalue weighted by atomic mass is 35.5. The van der Waals surface area contributed by atoms with Gasteiger partial charge < -0.3 is 24.6 Å². The van der Waals surface area contributed by atoms with E-state index in [1.54, 1.807) is 16.8 Å². The standard InChI is InChI=1S/C19H19ClFN3O4/c1-9-11-5-6-24(17(11)23-8-22-9)18-15(26)19(2,27)16(28-18)14(25)12-4-3-10(20)7-13(12)21/h3-8,14-16,18,25-27H,1-2H3/t14-,15+,16-,18-,19+/m1/s1. The second-order valence-electron chi connectivity index (χ2n) is 7.15. The van der Waals surface area contributed by atoms with Gasteiger partial charge in [0.15, 0.2) is 6.23 Å². The van der Waals surface area contributed by atoms with Crippen LogP contribution in [-0.4, -0.2) is 47.7 Å². The molecule has 3 heterocycles. The van der Waals surface area contributed by atoms with E-state index in [0.29, 0.717) is 5.65 Å². The number of aromatic nitrogens is 3. The van der Waals surface area contributed by atoms with Gasteiger partial charge in [-0.25, -0.2) is 14.4 Å². The highest BCUT2D eigenvalue weighted by molar-refractivity contribution is 6.30. The average Bonchev–Trinajstić information content (AvgIpc) is 3.15. The minimum Gasteiger partial charge on any atom is -0.385 e. The Morgan fingerprint density at radius 1 is 1.32 bits per heavy atom. The van der Waals surface area contributed by atoms with E-state index in [0.717, 1.165) is 17.1 Å². The molecule has 2 aromatic heterocycles. The number of aliphatic hydroxyl groups is 3. The summed E-state index contributed by atoms with van der Waals surface area (Å²) >= 11 is 5.76. The van der Waals surface area contributed by atoms with Crippen LogP contribution in [0.5, 0.6) is 0 Å². The summed E-state index contributed by atoms with van der Waals surface area (Å²) in [7, 11) is 0. The molecule has 1 saturated heterocycles. The van der Waals surface area contributed by atoms with Crippen molar-refractivity contribution in [3.05, 3.63) is 58.9 Å². The molecule has 0 spiro atoms. The largest absolute Gasteiger partial charge is 0.385 e. The molecule has 7 nitrogen and oxygen atoms in total. The van der Waals surface area contributed by atoms with Crippen molar-refractivity contribution in [3.8, 4) is 0 Å². The Kier molecular flexibility index (Phi) is 4.64. The van der Waals surface area contributed by atoms with Crippen LogP contribution in [0.4, 0.5) is 4.39 Å². The lowest BCUT2D eigenvalue weighted by molar-refractivity contribution is -0.115. The summed E-state index contributed by atoms with van der Waals surface area (Å²) in [4.78, 5) is 8.35. The normalized spacial score (nSPS) is 28.8. The van der Waals surface area contributed by atoms with Gasteiger partial charge in [0.05, 0.1) is 5.69 Å². The first-order valence-corrected chi connectivity index (χ1v) is 9.06. The molecule has 1 fully saturated rings. The third kappa shape index (κ3) is 2.89. The zero-order valence-corrected chi connectivity index (χ0v) is 15.9. The molecule has 4 rings (SSSR count). The lowest BCUT2D eigenvalue weighted by Crippen LogP contribution is -2.47. The zero-order valence-electron chi connectivity index (χ0n) is 15.1. The van der Waals surface area contributed by atoms with Crippen molar-refractivity contribution in [2.75, 3.05) is 0 Å². The van der Waals surface area contributed by atoms with E-state index >= 15 is 0 Å². The van der Waals surface area contributed by atoms with Crippen LogP contribution in [0.3, 0.4) is 0 Å². The molecule has 0 saturated carbocycles. The van der Waals surface area contributed by atoms with Crippen molar-refractivity contribution < 1.29 is 24.4 Å². The van der Waals surface area contributed by atoms with Crippen LogP contribution >= 0.6 is 11.6 Å². The highest BCUT2D eigenvalue weighted by Crippen LogP contribution is 2.43. The van der Waals surface area contributed by atoms with Crippen molar-refractivity contribution in [3.63, 3.8) is 0 Å². The van der Waals surface area contributed by atoms with Gasteiger partial charge in [0.1, 0.15) is 41.7 Å². The SMILES string of the molecule is Cc1ncnc2c1ccn2[C@@H]1O[C@H]([C@H](O)c2ccc(Cl)cc2F)[C@@](C)(O)[C@H]1O. The zero-order chi connectivity index (χ0) is 20.2. The maximum Gasteiger partial charge on any atom is 0.164 e. The molecule has 1 aliphatic rings. The fraction of sp³-hybridized carbons (Fsp3) is 0.368. The molecule has 1 aromatic carbocycles. The van der Waals surface area contributed by atoms with Gasteiger partial charge >= 0.3 is 0 Å². The van der Waals surface area contributed by atoms with Crippen molar-refractivity contribution in [2.24, 2.45) is 0 Å². The van der Waals surface area contributed by atoms with Crippen LogP contribution in [0.1, 0.15) is 30.5 Å². The van der Waals surface area contributed by atoms with Gasteiger partial charge in [0.2, 0.25) is 0 Å². The Bertz CT molecular complexity index is 1040. The molecule has 0 unspecified atom stereocenters. The number of nitrogens with zero attached hydrogens (tertiary/aromatic N) is 3. The Hall–Kier alpha value is -2.10. The van der Waals surface area contributed by atoms with E-state index < -0.39 is 36.0 Å². The summed E-state index contributed by atoms with van der Waals surface area (Å²) in [5.74, 6) is -0.730. The van der Waals surface area contributed by atoms with Crippen molar-refractivity contribution in [1.82, 2.24) is 14.5 Å². The number of hydrogen-bond donors (Lipinski definition) is 3. The molecular weight excluding hydrogens is 389 g/mol. The van der Waals surface area contributed by atoms with Crippen LogP contribution in [0.15, 0.2) is 36.8 Å². The van der Waals surface area contributed by atoms with Crippen LogP contribution in [-0.2, 0) is 4.74 Å². The topological polar surface area (TPSA) is 101 Å². The third-order valence-corrected chi connectivity index (χ3v) is 5.52. The Labute approximate surface area is 165 Å². The number of aryl methyl sites for hydroxylation is 1. The molecule has 28 heavy (non-hydrogen) atoms. The molecule has 0 amide bonds. The number of hydrogen-bond acceptors (Lipinski definition) is 6. The molecule has 5 atom stereocenters. The maximum absolute atomic E-state index is 14.3. The molecule has 1 aliphatic heterocycles. The first-order chi connectivity index (χ1) is 13.2. The average molecular weight is 408 g/mol. The lowest BCUT2D eigenvalue weighted by atomic mass is 9.88. The number of rotatable bonds is 3. The molecule has 3 aromatic rings. The molecule has 3 N–H and O–H groups in total. The third-order valence-electron chi connectivity index (χ3n) is 5.28. The van der Waals surface area contributed by atoms with Gasteiger partial charge in [-0.3, -0.25) is 0 Å². The highest BCUT2D eigenvalue weighted by Gasteiger charge is 2.56. The number of aliphatic hydroxyl groups excluding tert-OH is 2. The van der Waals surface area contributed by atoms with Crippen molar-refractivity contribution >= 4 is 22.6 Å². The number of ether oxygens (including phenoxy) is 1. The van der Waals surface area contributed by atoms with E-state index in [4.69, 9.17) is 16.3 Å². The molecule has 9 heteroatoms. The van der Waals surface area contributed by atoms with Crippen molar-refractivity contribution in [1.29, 1.82) is 0 Å². The van der Waals surface area contributed by atoms with E-state index in [2.05, 4.69) is 9.97 Å². The number of halogens is 2. The van der Waals surface area contributed by atoms with Crippen LogP contribution in [0.2, 0.25) is 5.02 Å². The predicted molar refractivity (Wildman–Crippen MR) is 99.2 cm³/mol. The summed E-state index contributed by atoms with van der Waals surface area (Å²) in [5, 5.41) is 33.3.